The predicted octanol–water partition coefficient (Wildman–Crippen LogP) is 2.96. The Labute approximate surface area is 146 Å². The Morgan fingerprint density at radius 1 is 1.38 bits per heavy atom. The Morgan fingerprint density at radius 2 is 2.17 bits per heavy atom. The summed E-state index contributed by atoms with van der Waals surface area (Å²) in [5.74, 6) is 1.47. The van der Waals surface area contributed by atoms with Gasteiger partial charge >= 0.3 is 0 Å². The Balaban J connectivity index is 1.63. The topological polar surface area (TPSA) is 60.1 Å². The van der Waals surface area contributed by atoms with Gasteiger partial charge in [-0.25, -0.2) is 4.99 Å². The van der Waals surface area contributed by atoms with E-state index in [4.69, 9.17) is 15.2 Å². The molecule has 0 amide bonds. The van der Waals surface area contributed by atoms with Crippen LogP contribution >= 0.6 is 11.3 Å². The first-order valence-electron chi connectivity index (χ1n) is 8.04. The Kier molecular flexibility index (Phi) is 5.37. The second-order valence-corrected chi connectivity index (χ2v) is 6.83. The third kappa shape index (κ3) is 4.07. The molecule has 1 atom stereocenters. The van der Waals surface area contributed by atoms with Crippen LogP contribution in [0, 0.1) is 0 Å². The molecule has 128 valence electrons. The van der Waals surface area contributed by atoms with Crippen molar-refractivity contribution in [2.45, 2.75) is 19.6 Å². The number of nitrogens with zero attached hydrogens (tertiary/aromatic N) is 2. The molecule has 0 saturated carbocycles. The van der Waals surface area contributed by atoms with Gasteiger partial charge in [-0.3, -0.25) is 0 Å². The van der Waals surface area contributed by atoms with Crippen molar-refractivity contribution in [2.24, 2.45) is 10.7 Å². The molecule has 0 aliphatic carbocycles. The molecule has 2 N–H and O–H groups in total. The molecule has 6 heteroatoms. The second-order valence-electron chi connectivity index (χ2n) is 5.83. The SMILES string of the molecule is COc1ccc(-c2csc(CN=C(N)N3CCOC(C)C3)c2)cc1. The third-order valence-corrected chi connectivity index (χ3v) is 4.96. The first-order chi connectivity index (χ1) is 11.7. The molecule has 1 saturated heterocycles. The van der Waals surface area contributed by atoms with Crippen molar-refractivity contribution in [3.05, 3.63) is 40.6 Å². The molecule has 1 aromatic heterocycles. The predicted molar refractivity (Wildman–Crippen MR) is 98.6 cm³/mol. The van der Waals surface area contributed by atoms with Crippen molar-refractivity contribution < 1.29 is 9.47 Å². The number of benzene rings is 1. The van der Waals surface area contributed by atoms with Gasteiger partial charge in [-0.2, -0.15) is 0 Å². The fourth-order valence-corrected chi connectivity index (χ4v) is 3.50. The van der Waals surface area contributed by atoms with Crippen LogP contribution < -0.4 is 10.5 Å². The number of morpholine rings is 1. The first kappa shape index (κ1) is 16.8. The third-order valence-electron chi connectivity index (χ3n) is 4.04. The summed E-state index contributed by atoms with van der Waals surface area (Å²) < 4.78 is 10.7. The van der Waals surface area contributed by atoms with Crippen LogP contribution in [0.1, 0.15) is 11.8 Å². The van der Waals surface area contributed by atoms with E-state index in [1.165, 1.54) is 16.0 Å². The van der Waals surface area contributed by atoms with Crippen molar-refractivity contribution in [3.63, 3.8) is 0 Å². The van der Waals surface area contributed by atoms with E-state index in [1.807, 2.05) is 12.1 Å². The minimum atomic E-state index is 0.205. The molecule has 1 unspecified atom stereocenters. The van der Waals surface area contributed by atoms with Crippen molar-refractivity contribution in [1.82, 2.24) is 4.90 Å². The van der Waals surface area contributed by atoms with E-state index in [0.717, 1.165) is 18.8 Å². The van der Waals surface area contributed by atoms with Gasteiger partial charge in [-0.05, 0) is 41.6 Å². The van der Waals surface area contributed by atoms with Crippen LogP contribution in [-0.2, 0) is 11.3 Å². The van der Waals surface area contributed by atoms with E-state index >= 15 is 0 Å². The standard InChI is InChI=1S/C18H23N3O2S/c1-13-11-21(7-8-23-13)18(19)20-10-17-9-15(12-24-17)14-3-5-16(22-2)6-4-14/h3-6,9,12-13H,7-8,10-11H2,1-2H3,(H2,19,20). The van der Waals surface area contributed by atoms with Crippen LogP contribution in [0.4, 0.5) is 0 Å². The maximum absolute atomic E-state index is 6.12. The average Bonchev–Trinajstić information content (AvgIpc) is 3.09. The highest BCUT2D eigenvalue weighted by Gasteiger charge is 2.17. The lowest BCUT2D eigenvalue weighted by atomic mass is 10.1. The van der Waals surface area contributed by atoms with E-state index in [2.05, 4.69) is 40.4 Å². The van der Waals surface area contributed by atoms with Gasteiger partial charge in [-0.1, -0.05) is 12.1 Å². The molecule has 0 bridgehead atoms. The normalized spacial score (nSPS) is 18.7. The van der Waals surface area contributed by atoms with Crippen molar-refractivity contribution in [2.75, 3.05) is 26.8 Å². The van der Waals surface area contributed by atoms with Crippen LogP contribution in [-0.4, -0.2) is 43.8 Å². The van der Waals surface area contributed by atoms with Crippen LogP contribution in [0.3, 0.4) is 0 Å². The summed E-state index contributed by atoms with van der Waals surface area (Å²) in [7, 11) is 1.68. The number of hydrogen-bond donors (Lipinski definition) is 1. The van der Waals surface area contributed by atoms with E-state index in [0.29, 0.717) is 19.1 Å². The van der Waals surface area contributed by atoms with Gasteiger partial charge in [0.2, 0.25) is 0 Å². The van der Waals surface area contributed by atoms with Crippen LogP contribution in [0.25, 0.3) is 11.1 Å². The molecule has 1 aliphatic rings. The lowest BCUT2D eigenvalue weighted by Gasteiger charge is -2.31. The molecule has 1 fully saturated rings. The number of nitrogens with two attached hydrogens (primary N) is 1. The largest absolute Gasteiger partial charge is 0.497 e. The van der Waals surface area contributed by atoms with E-state index < -0.39 is 0 Å². The van der Waals surface area contributed by atoms with Crippen LogP contribution in [0.2, 0.25) is 0 Å². The van der Waals surface area contributed by atoms with Gasteiger partial charge in [-0.15, -0.1) is 11.3 Å². The maximum atomic E-state index is 6.12. The number of rotatable bonds is 4. The number of hydrogen-bond acceptors (Lipinski definition) is 4. The molecule has 2 aromatic rings. The Hall–Kier alpha value is -2.05. The van der Waals surface area contributed by atoms with E-state index in [9.17, 15) is 0 Å². The molecular formula is C18H23N3O2S. The van der Waals surface area contributed by atoms with E-state index in [-0.39, 0.29) is 6.10 Å². The summed E-state index contributed by atoms with van der Waals surface area (Å²) in [6.07, 6.45) is 0.205. The summed E-state index contributed by atoms with van der Waals surface area (Å²) in [6, 6.07) is 10.3. The summed E-state index contributed by atoms with van der Waals surface area (Å²) in [4.78, 5) is 7.83. The molecule has 0 radical (unpaired) electrons. The monoisotopic (exact) mass is 345 g/mol. The highest BCUT2D eigenvalue weighted by atomic mass is 32.1. The summed E-state index contributed by atoms with van der Waals surface area (Å²) in [5, 5.41) is 2.15. The molecule has 1 aromatic carbocycles. The average molecular weight is 345 g/mol. The van der Waals surface area contributed by atoms with Gasteiger partial charge < -0.3 is 20.1 Å². The number of aliphatic imine (C=N–C) groups is 1. The lowest BCUT2D eigenvalue weighted by Crippen LogP contribution is -2.47. The molecule has 5 nitrogen and oxygen atoms in total. The first-order valence-corrected chi connectivity index (χ1v) is 8.92. The van der Waals surface area contributed by atoms with Crippen LogP contribution in [0.5, 0.6) is 5.75 Å². The van der Waals surface area contributed by atoms with Gasteiger partial charge in [0, 0.05) is 18.0 Å². The quantitative estimate of drug-likeness (QED) is 0.684. The summed E-state index contributed by atoms with van der Waals surface area (Å²) in [6.45, 7) is 4.98. The highest BCUT2D eigenvalue weighted by molar-refractivity contribution is 7.10. The zero-order chi connectivity index (χ0) is 16.9. The van der Waals surface area contributed by atoms with Crippen molar-refractivity contribution >= 4 is 17.3 Å². The van der Waals surface area contributed by atoms with Gasteiger partial charge in [0.15, 0.2) is 5.96 Å². The summed E-state index contributed by atoms with van der Waals surface area (Å²) in [5.41, 5.74) is 8.50. The van der Waals surface area contributed by atoms with E-state index in [1.54, 1.807) is 18.4 Å². The Bertz CT molecular complexity index is 697. The second kappa shape index (κ2) is 7.68. The summed E-state index contributed by atoms with van der Waals surface area (Å²) >= 11 is 1.71. The smallest absolute Gasteiger partial charge is 0.191 e. The fourth-order valence-electron chi connectivity index (χ4n) is 2.68. The van der Waals surface area contributed by atoms with Gasteiger partial charge in [0.25, 0.3) is 0 Å². The van der Waals surface area contributed by atoms with Gasteiger partial charge in [0.05, 0.1) is 26.4 Å². The number of guanidine groups is 1. The number of ether oxygens (including phenoxy) is 2. The minimum absolute atomic E-state index is 0.205. The maximum Gasteiger partial charge on any atom is 0.191 e. The zero-order valence-corrected chi connectivity index (χ0v) is 14.9. The molecule has 0 spiro atoms. The minimum Gasteiger partial charge on any atom is -0.497 e. The Morgan fingerprint density at radius 3 is 2.88 bits per heavy atom. The molecule has 1 aliphatic heterocycles. The van der Waals surface area contributed by atoms with Gasteiger partial charge in [0.1, 0.15) is 5.75 Å². The van der Waals surface area contributed by atoms with Crippen molar-refractivity contribution in [3.8, 4) is 16.9 Å². The molecular weight excluding hydrogens is 322 g/mol. The zero-order valence-electron chi connectivity index (χ0n) is 14.1. The molecule has 24 heavy (non-hydrogen) atoms. The van der Waals surface area contributed by atoms with Crippen LogP contribution in [0.15, 0.2) is 40.7 Å². The number of methoxy groups -OCH3 is 1. The lowest BCUT2D eigenvalue weighted by molar-refractivity contribution is 0.00529. The highest BCUT2D eigenvalue weighted by Crippen LogP contribution is 2.27. The molecule has 2 heterocycles. The fraction of sp³-hybridized carbons (Fsp3) is 0.389. The number of thiophene rings is 1. The van der Waals surface area contributed by atoms with Crippen molar-refractivity contribution in [1.29, 1.82) is 0 Å². The molecule has 3 rings (SSSR count).